The first kappa shape index (κ1) is 13.6. The zero-order chi connectivity index (χ0) is 13.1. The lowest BCUT2D eigenvalue weighted by atomic mass is 10.0. The van der Waals surface area contributed by atoms with Gasteiger partial charge < -0.3 is 5.32 Å². The molecule has 2 nitrogen and oxygen atoms in total. The van der Waals surface area contributed by atoms with Crippen molar-refractivity contribution in [3.63, 3.8) is 0 Å². The second-order valence-electron chi connectivity index (χ2n) is 3.79. The molecule has 0 aliphatic heterocycles. The topological polar surface area (TPSA) is 24.9 Å². The Morgan fingerprint density at radius 2 is 1.78 bits per heavy atom. The number of rotatable bonds is 3. The summed E-state index contributed by atoms with van der Waals surface area (Å²) in [6, 6.07) is 9.00. The summed E-state index contributed by atoms with van der Waals surface area (Å²) in [5, 5.41) is 5.01. The normalized spacial score (nSPS) is 12.4. The average molecular weight is 302 g/mol. The lowest BCUT2D eigenvalue weighted by Gasteiger charge is -2.17. The summed E-state index contributed by atoms with van der Waals surface area (Å²) >= 11 is 17.9. The van der Waals surface area contributed by atoms with Gasteiger partial charge in [-0.25, -0.2) is 0 Å². The van der Waals surface area contributed by atoms with Crippen molar-refractivity contribution in [2.24, 2.45) is 0 Å². The van der Waals surface area contributed by atoms with Gasteiger partial charge in [0.2, 0.25) is 0 Å². The largest absolute Gasteiger partial charge is 0.308 e. The Bertz CT molecular complexity index is 540. The van der Waals surface area contributed by atoms with E-state index in [-0.39, 0.29) is 6.04 Å². The number of pyridine rings is 1. The first-order chi connectivity index (χ1) is 8.61. The van der Waals surface area contributed by atoms with Gasteiger partial charge in [0.15, 0.2) is 0 Å². The van der Waals surface area contributed by atoms with Crippen molar-refractivity contribution in [2.75, 3.05) is 7.05 Å². The summed E-state index contributed by atoms with van der Waals surface area (Å²) in [6.07, 6.45) is 1.62. The van der Waals surface area contributed by atoms with Crippen molar-refractivity contribution in [3.05, 3.63) is 62.9 Å². The summed E-state index contributed by atoms with van der Waals surface area (Å²) in [7, 11) is 1.85. The molecule has 1 aromatic carbocycles. The van der Waals surface area contributed by atoms with E-state index in [0.717, 1.165) is 11.3 Å². The molecule has 5 heteroatoms. The molecule has 1 aromatic heterocycles. The first-order valence-electron chi connectivity index (χ1n) is 5.35. The first-order valence-corrected chi connectivity index (χ1v) is 6.49. The maximum absolute atomic E-state index is 6.21. The Labute approximate surface area is 121 Å². The van der Waals surface area contributed by atoms with Crippen LogP contribution in [0.4, 0.5) is 0 Å². The van der Waals surface area contributed by atoms with E-state index in [1.807, 2.05) is 25.2 Å². The van der Waals surface area contributed by atoms with Crippen LogP contribution in [0.5, 0.6) is 0 Å². The van der Waals surface area contributed by atoms with Crippen LogP contribution in [0.3, 0.4) is 0 Å². The highest BCUT2D eigenvalue weighted by molar-refractivity contribution is 6.35. The third kappa shape index (κ3) is 2.96. The number of nitrogens with one attached hydrogen (secondary N) is 1. The van der Waals surface area contributed by atoms with Gasteiger partial charge in [-0.15, -0.1) is 0 Å². The van der Waals surface area contributed by atoms with E-state index in [9.17, 15) is 0 Å². The fourth-order valence-corrected chi connectivity index (χ4v) is 2.39. The molecule has 0 amide bonds. The van der Waals surface area contributed by atoms with Gasteiger partial charge in [-0.05, 0) is 36.9 Å². The lowest BCUT2D eigenvalue weighted by molar-refractivity contribution is 0.671. The molecular formula is C13H11Cl3N2. The van der Waals surface area contributed by atoms with Gasteiger partial charge in [0, 0.05) is 16.2 Å². The van der Waals surface area contributed by atoms with Crippen LogP contribution in [0.1, 0.15) is 17.3 Å². The summed E-state index contributed by atoms with van der Waals surface area (Å²) in [6.45, 7) is 0. The van der Waals surface area contributed by atoms with Crippen molar-refractivity contribution in [2.45, 2.75) is 6.04 Å². The molecule has 0 saturated heterocycles. The van der Waals surface area contributed by atoms with Gasteiger partial charge >= 0.3 is 0 Å². The molecule has 2 rings (SSSR count). The number of halogens is 3. The molecule has 1 unspecified atom stereocenters. The molecule has 0 bridgehead atoms. The van der Waals surface area contributed by atoms with E-state index >= 15 is 0 Å². The standard InChI is InChI=1S/C13H11Cl3N2/c1-17-13(12-5-3-9(15)7-18-12)10-4-2-8(14)6-11(10)16/h2-7,13,17H,1H3. The number of aromatic nitrogens is 1. The minimum Gasteiger partial charge on any atom is -0.308 e. The monoisotopic (exact) mass is 300 g/mol. The Balaban J connectivity index is 2.41. The fourth-order valence-electron chi connectivity index (χ4n) is 1.76. The van der Waals surface area contributed by atoms with Crippen LogP contribution in [-0.4, -0.2) is 12.0 Å². The van der Waals surface area contributed by atoms with E-state index in [4.69, 9.17) is 34.8 Å². The van der Waals surface area contributed by atoms with Crippen LogP contribution in [0.25, 0.3) is 0 Å². The van der Waals surface area contributed by atoms with E-state index in [1.54, 1.807) is 18.3 Å². The van der Waals surface area contributed by atoms with Gasteiger partial charge in [-0.2, -0.15) is 0 Å². The highest BCUT2D eigenvalue weighted by atomic mass is 35.5. The van der Waals surface area contributed by atoms with E-state index < -0.39 is 0 Å². The Hall–Kier alpha value is -0.800. The Morgan fingerprint density at radius 3 is 2.33 bits per heavy atom. The quantitative estimate of drug-likeness (QED) is 0.911. The van der Waals surface area contributed by atoms with Crippen LogP contribution < -0.4 is 5.32 Å². The third-order valence-electron chi connectivity index (χ3n) is 2.61. The predicted molar refractivity (Wildman–Crippen MR) is 76.6 cm³/mol. The summed E-state index contributed by atoms with van der Waals surface area (Å²) < 4.78 is 0. The maximum atomic E-state index is 6.21. The van der Waals surface area contributed by atoms with Gasteiger partial charge in [-0.1, -0.05) is 40.9 Å². The molecule has 0 spiro atoms. The Morgan fingerprint density at radius 1 is 1.06 bits per heavy atom. The molecule has 1 heterocycles. The van der Waals surface area contributed by atoms with Crippen molar-refractivity contribution >= 4 is 34.8 Å². The van der Waals surface area contributed by atoms with Gasteiger partial charge in [-0.3, -0.25) is 4.98 Å². The van der Waals surface area contributed by atoms with Crippen molar-refractivity contribution in [3.8, 4) is 0 Å². The second kappa shape index (κ2) is 5.89. The average Bonchev–Trinajstić information content (AvgIpc) is 2.35. The SMILES string of the molecule is CNC(c1ccc(Cl)cn1)c1ccc(Cl)cc1Cl. The zero-order valence-electron chi connectivity index (χ0n) is 9.62. The summed E-state index contributed by atoms with van der Waals surface area (Å²) in [5.74, 6) is 0. The van der Waals surface area contributed by atoms with Crippen LogP contribution in [0.2, 0.25) is 15.1 Å². The molecule has 0 saturated carbocycles. The van der Waals surface area contributed by atoms with E-state index in [2.05, 4.69) is 10.3 Å². The van der Waals surface area contributed by atoms with Crippen LogP contribution >= 0.6 is 34.8 Å². The van der Waals surface area contributed by atoms with Gasteiger partial charge in [0.05, 0.1) is 16.8 Å². The minimum atomic E-state index is -0.0907. The molecule has 0 aliphatic rings. The highest BCUT2D eigenvalue weighted by Crippen LogP contribution is 2.29. The fraction of sp³-hybridized carbons (Fsp3) is 0.154. The molecule has 0 aliphatic carbocycles. The number of nitrogens with zero attached hydrogens (tertiary/aromatic N) is 1. The van der Waals surface area contributed by atoms with Crippen molar-refractivity contribution in [1.29, 1.82) is 0 Å². The summed E-state index contributed by atoms with van der Waals surface area (Å²) in [4.78, 5) is 4.30. The number of benzene rings is 1. The third-order valence-corrected chi connectivity index (χ3v) is 3.39. The molecule has 0 fully saturated rings. The van der Waals surface area contributed by atoms with Crippen LogP contribution in [-0.2, 0) is 0 Å². The van der Waals surface area contributed by atoms with Crippen molar-refractivity contribution in [1.82, 2.24) is 10.3 Å². The van der Waals surface area contributed by atoms with Crippen LogP contribution in [0.15, 0.2) is 36.5 Å². The van der Waals surface area contributed by atoms with E-state index in [0.29, 0.717) is 15.1 Å². The molecular weight excluding hydrogens is 291 g/mol. The minimum absolute atomic E-state index is 0.0907. The maximum Gasteiger partial charge on any atom is 0.0763 e. The number of hydrogen-bond donors (Lipinski definition) is 1. The van der Waals surface area contributed by atoms with Crippen LogP contribution in [0, 0.1) is 0 Å². The molecule has 2 aromatic rings. The predicted octanol–water partition coefficient (Wildman–Crippen LogP) is 4.35. The van der Waals surface area contributed by atoms with Crippen molar-refractivity contribution < 1.29 is 0 Å². The molecule has 18 heavy (non-hydrogen) atoms. The van der Waals surface area contributed by atoms with Gasteiger partial charge in [0.1, 0.15) is 0 Å². The zero-order valence-corrected chi connectivity index (χ0v) is 11.9. The van der Waals surface area contributed by atoms with E-state index in [1.165, 1.54) is 0 Å². The van der Waals surface area contributed by atoms with Gasteiger partial charge in [0.25, 0.3) is 0 Å². The Kier molecular flexibility index (Phi) is 4.46. The summed E-state index contributed by atoms with van der Waals surface area (Å²) in [5.41, 5.74) is 1.78. The molecule has 94 valence electrons. The molecule has 1 atom stereocenters. The molecule has 0 radical (unpaired) electrons. The highest BCUT2D eigenvalue weighted by Gasteiger charge is 2.16. The smallest absolute Gasteiger partial charge is 0.0763 e. The molecule has 1 N–H and O–H groups in total. The lowest BCUT2D eigenvalue weighted by Crippen LogP contribution is -2.19. The number of hydrogen-bond acceptors (Lipinski definition) is 2. The second-order valence-corrected chi connectivity index (χ2v) is 5.07.